The molecule has 2 aliphatic rings. The van der Waals surface area contributed by atoms with Crippen LogP contribution in [0.5, 0.6) is 11.5 Å². The summed E-state index contributed by atoms with van der Waals surface area (Å²) in [5.41, 5.74) is 1.75. The number of carbonyl (C=O) groups excluding carboxylic acids is 1. The van der Waals surface area contributed by atoms with Crippen LogP contribution in [0, 0.1) is 0 Å². The molecule has 0 N–H and O–H groups in total. The van der Waals surface area contributed by atoms with Crippen LogP contribution in [0.15, 0.2) is 42.5 Å². The molecular formula is C18H16ClNO3. The zero-order valence-electron chi connectivity index (χ0n) is 12.5. The lowest BCUT2D eigenvalue weighted by molar-refractivity contribution is 0.0791. The van der Waals surface area contributed by atoms with Gasteiger partial charge >= 0.3 is 0 Å². The second kappa shape index (κ2) is 5.78. The third-order valence-electron chi connectivity index (χ3n) is 4.45. The maximum absolute atomic E-state index is 12.6. The van der Waals surface area contributed by atoms with E-state index in [4.69, 9.17) is 21.1 Å². The molecular weight excluding hydrogens is 314 g/mol. The van der Waals surface area contributed by atoms with Crippen molar-refractivity contribution in [3.8, 4) is 11.5 Å². The van der Waals surface area contributed by atoms with Crippen molar-refractivity contribution >= 4 is 17.5 Å². The number of halogens is 1. The second-order valence-corrected chi connectivity index (χ2v) is 6.24. The summed E-state index contributed by atoms with van der Waals surface area (Å²) in [6.45, 7) is 1.72. The van der Waals surface area contributed by atoms with Crippen molar-refractivity contribution in [2.75, 3.05) is 19.9 Å². The Hall–Kier alpha value is -2.20. The van der Waals surface area contributed by atoms with E-state index in [9.17, 15) is 4.79 Å². The number of carbonyl (C=O) groups is 1. The van der Waals surface area contributed by atoms with Gasteiger partial charge in [0.25, 0.3) is 5.91 Å². The van der Waals surface area contributed by atoms with Gasteiger partial charge in [0.15, 0.2) is 11.5 Å². The average Bonchev–Trinajstić information content (AvgIpc) is 3.23. The summed E-state index contributed by atoms with van der Waals surface area (Å²) in [4.78, 5) is 14.5. The molecule has 1 amide bonds. The lowest BCUT2D eigenvalue weighted by atomic mass is 9.98. The summed E-state index contributed by atoms with van der Waals surface area (Å²) in [7, 11) is 0. The standard InChI is InChI=1S/C18H16ClNO3/c19-15-4-2-1-3-14(15)18(21)20-8-7-13(10-20)12-5-6-16-17(9-12)23-11-22-16/h1-6,9,13H,7-8,10-11H2/t13-/m1/s1. The third-order valence-corrected chi connectivity index (χ3v) is 4.78. The van der Waals surface area contributed by atoms with Crippen LogP contribution in [0.3, 0.4) is 0 Å². The Kier molecular flexibility index (Phi) is 3.62. The minimum atomic E-state index is -0.00107. The highest BCUT2D eigenvalue weighted by Crippen LogP contribution is 2.37. The van der Waals surface area contributed by atoms with Crippen molar-refractivity contribution in [1.82, 2.24) is 4.90 Å². The number of benzene rings is 2. The Bertz CT molecular complexity index is 762. The molecule has 23 heavy (non-hydrogen) atoms. The topological polar surface area (TPSA) is 38.8 Å². The van der Waals surface area contributed by atoms with Crippen LogP contribution in [0.1, 0.15) is 28.3 Å². The number of likely N-dealkylation sites (tertiary alicyclic amines) is 1. The SMILES string of the molecule is O=C(c1ccccc1Cl)N1CC[C@@H](c2ccc3c(c2)OCO3)C1. The Morgan fingerprint density at radius 3 is 2.83 bits per heavy atom. The molecule has 2 aromatic rings. The van der Waals surface area contributed by atoms with Gasteiger partial charge in [-0.3, -0.25) is 4.79 Å². The number of fused-ring (bicyclic) bond motifs is 1. The smallest absolute Gasteiger partial charge is 0.255 e. The predicted octanol–water partition coefficient (Wildman–Crippen LogP) is 3.70. The largest absolute Gasteiger partial charge is 0.454 e. The molecule has 4 nitrogen and oxygen atoms in total. The number of hydrogen-bond donors (Lipinski definition) is 0. The van der Waals surface area contributed by atoms with Gasteiger partial charge in [0.05, 0.1) is 10.6 Å². The molecule has 0 radical (unpaired) electrons. The van der Waals surface area contributed by atoms with E-state index in [0.717, 1.165) is 24.5 Å². The van der Waals surface area contributed by atoms with Gasteiger partial charge in [-0.1, -0.05) is 29.8 Å². The minimum Gasteiger partial charge on any atom is -0.454 e. The van der Waals surface area contributed by atoms with Gasteiger partial charge in [-0.2, -0.15) is 0 Å². The number of ether oxygens (including phenoxy) is 2. The van der Waals surface area contributed by atoms with E-state index in [2.05, 4.69) is 6.07 Å². The van der Waals surface area contributed by atoms with Gasteiger partial charge in [-0.25, -0.2) is 0 Å². The van der Waals surface area contributed by atoms with E-state index in [-0.39, 0.29) is 12.7 Å². The molecule has 0 saturated carbocycles. The van der Waals surface area contributed by atoms with Crippen molar-refractivity contribution < 1.29 is 14.3 Å². The molecule has 2 aliphatic heterocycles. The first-order valence-electron chi connectivity index (χ1n) is 7.66. The summed E-state index contributed by atoms with van der Waals surface area (Å²) < 4.78 is 10.8. The molecule has 0 spiro atoms. The summed E-state index contributed by atoms with van der Waals surface area (Å²) in [5, 5.41) is 0.504. The van der Waals surface area contributed by atoms with Gasteiger partial charge in [0, 0.05) is 19.0 Å². The second-order valence-electron chi connectivity index (χ2n) is 5.83. The molecule has 1 saturated heterocycles. The number of amides is 1. The van der Waals surface area contributed by atoms with Gasteiger partial charge in [-0.15, -0.1) is 0 Å². The zero-order chi connectivity index (χ0) is 15.8. The fraction of sp³-hybridized carbons (Fsp3) is 0.278. The van der Waals surface area contributed by atoms with Gasteiger partial charge in [-0.05, 0) is 36.2 Å². The van der Waals surface area contributed by atoms with Crippen LogP contribution in [0.2, 0.25) is 5.02 Å². The maximum Gasteiger partial charge on any atom is 0.255 e. The highest BCUT2D eigenvalue weighted by Gasteiger charge is 2.29. The van der Waals surface area contributed by atoms with Crippen molar-refractivity contribution in [2.45, 2.75) is 12.3 Å². The first kappa shape index (κ1) is 14.4. The molecule has 0 aromatic heterocycles. The lowest BCUT2D eigenvalue weighted by Crippen LogP contribution is -2.28. The molecule has 2 heterocycles. The summed E-state index contributed by atoms with van der Waals surface area (Å²) in [6.07, 6.45) is 0.940. The minimum absolute atomic E-state index is 0.00107. The highest BCUT2D eigenvalue weighted by atomic mass is 35.5. The van der Waals surface area contributed by atoms with Crippen LogP contribution in [0.4, 0.5) is 0 Å². The van der Waals surface area contributed by atoms with Gasteiger partial charge in [0.2, 0.25) is 6.79 Å². The maximum atomic E-state index is 12.6. The Morgan fingerprint density at radius 1 is 1.13 bits per heavy atom. The number of nitrogens with zero attached hydrogens (tertiary/aromatic N) is 1. The van der Waals surface area contributed by atoms with E-state index in [1.807, 2.05) is 29.2 Å². The zero-order valence-corrected chi connectivity index (χ0v) is 13.3. The van der Waals surface area contributed by atoms with E-state index in [1.54, 1.807) is 12.1 Å². The quantitative estimate of drug-likeness (QED) is 0.843. The Labute approximate surface area is 139 Å². The molecule has 2 aromatic carbocycles. The Morgan fingerprint density at radius 2 is 1.96 bits per heavy atom. The van der Waals surface area contributed by atoms with Crippen molar-refractivity contribution in [3.63, 3.8) is 0 Å². The van der Waals surface area contributed by atoms with Crippen LogP contribution in [-0.4, -0.2) is 30.7 Å². The first-order chi connectivity index (χ1) is 11.2. The number of rotatable bonds is 2. The van der Waals surface area contributed by atoms with Crippen LogP contribution < -0.4 is 9.47 Å². The third kappa shape index (κ3) is 2.63. The number of hydrogen-bond acceptors (Lipinski definition) is 3. The molecule has 0 bridgehead atoms. The molecule has 1 fully saturated rings. The van der Waals surface area contributed by atoms with Crippen LogP contribution in [-0.2, 0) is 0 Å². The highest BCUT2D eigenvalue weighted by molar-refractivity contribution is 6.33. The van der Waals surface area contributed by atoms with Crippen molar-refractivity contribution in [1.29, 1.82) is 0 Å². The molecule has 118 valence electrons. The molecule has 1 atom stereocenters. The van der Waals surface area contributed by atoms with E-state index >= 15 is 0 Å². The predicted molar refractivity (Wildman–Crippen MR) is 87.3 cm³/mol. The molecule has 0 unspecified atom stereocenters. The van der Waals surface area contributed by atoms with E-state index < -0.39 is 0 Å². The van der Waals surface area contributed by atoms with E-state index in [0.29, 0.717) is 23.0 Å². The summed E-state index contributed by atoms with van der Waals surface area (Å²) >= 11 is 6.14. The van der Waals surface area contributed by atoms with Crippen molar-refractivity contribution in [2.24, 2.45) is 0 Å². The average molecular weight is 330 g/mol. The Balaban J connectivity index is 1.51. The van der Waals surface area contributed by atoms with Gasteiger partial charge in [0.1, 0.15) is 0 Å². The first-order valence-corrected chi connectivity index (χ1v) is 8.03. The summed E-state index contributed by atoms with van der Waals surface area (Å²) in [5.74, 6) is 1.89. The van der Waals surface area contributed by atoms with Crippen molar-refractivity contribution in [3.05, 3.63) is 58.6 Å². The lowest BCUT2D eigenvalue weighted by Gasteiger charge is -2.17. The fourth-order valence-electron chi connectivity index (χ4n) is 3.19. The van der Waals surface area contributed by atoms with Crippen LogP contribution in [0.25, 0.3) is 0 Å². The summed E-state index contributed by atoms with van der Waals surface area (Å²) in [6, 6.07) is 13.2. The van der Waals surface area contributed by atoms with Crippen LogP contribution >= 0.6 is 11.6 Å². The monoisotopic (exact) mass is 329 g/mol. The van der Waals surface area contributed by atoms with Gasteiger partial charge < -0.3 is 14.4 Å². The van der Waals surface area contributed by atoms with E-state index in [1.165, 1.54) is 5.56 Å². The molecule has 5 heteroatoms. The normalized spacial score (nSPS) is 19.2. The molecule has 0 aliphatic carbocycles. The fourth-order valence-corrected chi connectivity index (χ4v) is 3.41. The molecule has 4 rings (SSSR count).